The van der Waals surface area contributed by atoms with Crippen LogP contribution in [0.25, 0.3) is 0 Å². The first-order valence-corrected chi connectivity index (χ1v) is 5.84. The first-order chi connectivity index (χ1) is 7.24. The maximum absolute atomic E-state index is 5.22. The highest BCUT2D eigenvalue weighted by Gasteiger charge is 2.01. The average Bonchev–Trinajstić information content (AvgIpc) is 2.22. The summed E-state index contributed by atoms with van der Waals surface area (Å²) in [5.74, 6) is 2.48. The molecule has 15 heavy (non-hydrogen) atoms. The second kappa shape index (κ2) is 6.64. The lowest BCUT2D eigenvalue weighted by Gasteiger charge is -2.09. The van der Waals surface area contributed by atoms with Gasteiger partial charge in [-0.2, -0.15) is 0 Å². The molecular formula is C11H10INOS. The van der Waals surface area contributed by atoms with Crippen molar-refractivity contribution in [2.45, 2.75) is 6.42 Å². The second-order valence-electron chi connectivity index (χ2n) is 2.69. The molecule has 1 aromatic carbocycles. The average molecular weight is 331 g/mol. The lowest BCUT2D eigenvalue weighted by molar-refractivity contribution is 0.322. The molecule has 0 spiro atoms. The minimum absolute atomic E-state index is 0.356. The number of rotatable bonds is 3. The van der Waals surface area contributed by atoms with Crippen LogP contribution >= 0.6 is 34.8 Å². The molecule has 0 aliphatic rings. The molecular weight excluding hydrogens is 321 g/mol. The standard InChI is InChI=1S/C11H10INOS/c1-2-3-8-14-11(15)13-10-7-5-4-6-9(10)12/h1,4-7H,3,8H2,(H,13,15). The number of terminal acetylenes is 1. The summed E-state index contributed by atoms with van der Waals surface area (Å²) in [6, 6.07) is 7.84. The van der Waals surface area contributed by atoms with Crippen molar-refractivity contribution in [2.75, 3.05) is 11.9 Å². The van der Waals surface area contributed by atoms with Crippen LogP contribution in [0.2, 0.25) is 0 Å². The number of thiocarbonyl (C=S) groups is 1. The van der Waals surface area contributed by atoms with Gasteiger partial charge in [-0.05, 0) is 46.9 Å². The molecule has 0 saturated heterocycles. The van der Waals surface area contributed by atoms with Crippen LogP contribution in [0.4, 0.5) is 5.69 Å². The molecule has 0 atom stereocenters. The minimum atomic E-state index is 0.356. The van der Waals surface area contributed by atoms with Crippen LogP contribution in [0.5, 0.6) is 0 Å². The van der Waals surface area contributed by atoms with Gasteiger partial charge in [0.15, 0.2) is 0 Å². The fourth-order valence-electron chi connectivity index (χ4n) is 0.911. The Morgan fingerprint density at radius 1 is 1.53 bits per heavy atom. The molecule has 0 radical (unpaired) electrons. The molecule has 0 unspecified atom stereocenters. The number of para-hydroxylation sites is 1. The number of hydrogen-bond acceptors (Lipinski definition) is 2. The number of anilines is 1. The van der Waals surface area contributed by atoms with Crippen molar-refractivity contribution in [2.24, 2.45) is 0 Å². The Morgan fingerprint density at radius 2 is 2.27 bits per heavy atom. The summed E-state index contributed by atoms with van der Waals surface area (Å²) in [6.45, 7) is 0.450. The van der Waals surface area contributed by atoms with E-state index in [2.05, 4.69) is 33.8 Å². The number of ether oxygens (including phenoxy) is 1. The van der Waals surface area contributed by atoms with Gasteiger partial charge in [0.1, 0.15) is 6.61 Å². The zero-order valence-electron chi connectivity index (χ0n) is 8.00. The largest absolute Gasteiger partial charge is 0.470 e. The van der Waals surface area contributed by atoms with Crippen LogP contribution in [0.1, 0.15) is 6.42 Å². The lowest BCUT2D eigenvalue weighted by Crippen LogP contribution is -2.14. The second-order valence-corrected chi connectivity index (χ2v) is 4.23. The molecule has 0 heterocycles. The molecule has 0 aliphatic carbocycles. The molecule has 0 saturated carbocycles. The third-order valence-corrected chi connectivity index (χ3v) is 2.75. The van der Waals surface area contributed by atoms with Crippen molar-refractivity contribution < 1.29 is 4.74 Å². The molecule has 1 aromatic rings. The maximum Gasteiger partial charge on any atom is 0.261 e. The van der Waals surface area contributed by atoms with Crippen molar-refractivity contribution >= 4 is 45.7 Å². The third-order valence-electron chi connectivity index (χ3n) is 1.59. The fourth-order valence-corrected chi connectivity index (χ4v) is 1.63. The van der Waals surface area contributed by atoms with Crippen molar-refractivity contribution in [1.82, 2.24) is 0 Å². The van der Waals surface area contributed by atoms with E-state index in [9.17, 15) is 0 Å². The topological polar surface area (TPSA) is 21.3 Å². The lowest BCUT2D eigenvalue weighted by atomic mass is 10.3. The summed E-state index contributed by atoms with van der Waals surface area (Å²) >= 11 is 7.23. The van der Waals surface area contributed by atoms with Crippen LogP contribution < -0.4 is 5.32 Å². The Labute approximate surface area is 109 Å². The summed E-state index contributed by atoms with van der Waals surface area (Å²) in [4.78, 5) is 0. The normalized spacial score (nSPS) is 9.07. The van der Waals surface area contributed by atoms with Crippen molar-refractivity contribution in [3.05, 3.63) is 27.8 Å². The number of hydrogen-bond donors (Lipinski definition) is 1. The quantitative estimate of drug-likeness (QED) is 0.398. The molecule has 0 amide bonds. The molecule has 0 aliphatic heterocycles. The van der Waals surface area contributed by atoms with Crippen LogP contribution in [0.15, 0.2) is 24.3 Å². The van der Waals surface area contributed by atoms with Gasteiger partial charge in [0.25, 0.3) is 5.17 Å². The zero-order valence-corrected chi connectivity index (χ0v) is 11.0. The van der Waals surface area contributed by atoms with Gasteiger partial charge >= 0.3 is 0 Å². The molecule has 0 aromatic heterocycles. The van der Waals surface area contributed by atoms with Gasteiger partial charge in [-0.1, -0.05) is 12.1 Å². The highest BCUT2D eigenvalue weighted by Crippen LogP contribution is 2.16. The Balaban J connectivity index is 2.45. The summed E-state index contributed by atoms with van der Waals surface area (Å²) in [6.07, 6.45) is 5.66. The Kier molecular flexibility index (Phi) is 5.43. The van der Waals surface area contributed by atoms with Gasteiger partial charge < -0.3 is 10.1 Å². The third kappa shape index (κ3) is 4.49. The number of nitrogens with one attached hydrogen (secondary N) is 1. The van der Waals surface area contributed by atoms with Gasteiger partial charge in [-0.25, -0.2) is 0 Å². The molecule has 2 nitrogen and oxygen atoms in total. The van der Waals surface area contributed by atoms with Gasteiger partial charge in [0.2, 0.25) is 0 Å². The van der Waals surface area contributed by atoms with Crippen molar-refractivity contribution in [1.29, 1.82) is 0 Å². The van der Waals surface area contributed by atoms with Gasteiger partial charge in [0.05, 0.1) is 5.69 Å². The summed E-state index contributed by atoms with van der Waals surface area (Å²) in [5, 5.41) is 3.36. The summed E-state index contributed by atoms with van der Waals surface area (Å²) in [7, 11) is 0. The van der Waals surface area contributed by atoms with Crippen molar-refractivity contribution in [3.63, 3.8) is 0 Å². The summed E-state index contributed by atoms with van der Waals surface area (Å²) in [5.41, 5.74) is 0.948. The molecule has 1 rings (SSSR count). The Bertz CT molecular complexity index is 386. The Hall–Kier alpha value is -0.800. The molecule has 78 valence electrons. The van der Waals surface area contributed by atoms with Crippen LogP contribution in [0.3, 0.4) is 0 Å². The fraction of sp³-hybridized carbons (Fsp3) is 0.182. The maximum atomic E-state index is 5.22. The summed E-state index contributed by atoms with van der Waals surface area (Å²) < 4.78 is 6.31. The van der Waals surface area contributed by atoms with E-state index in [1.54, 1.807) is 0 Å². The minimum Gasteiger partial charge on any atom is -0.470 e. The SMILES string of the molecule is C#CCCOC(=S)Nc1ccccc1I. The first-order valence-electron chi connectivity index (χ1n) is 4.36. The molecule has 0 fully saturated rings. The van der Waals surface area contributed by atoms with E-state index in [0.717, 1.165) is 9.26 Å². The molecule has 0 bridgehead atoms. The monoisotopic (exact) mass is 331 g/mol. The van der Waals surface area contributed by atoms with E-state index in [-0.39, 0.29) is 0 Å². The van der Waals surface area contributed by atoms with E-state index < -0.39 is 0 Å². The number of benzene rings is 1. The first kappa shape index (κ1) is 12.3. The highest BCUT2D eigenvalue weighted by atomic mass is 127. The van der Waals surface area contributed by atoms with Crippen LogP contribution in [0, 0.1) is 15.9 Å². The van der Waals surface area contributed by atoms with E-state index in [1.165, 1.54) is 0 Å². The molecule has 4 heteroatoms. The van der Waals surface area contributed by atoms with E-state index >= 15 is 0 Å². The van der Waals surface area contributed by atoms with Crippen LogP contribution in [-0.4, -0.2) is 11.8 Å². The van der Waals surface area contributed by atoms with E-state index in [4.69, 9.17) is 23.4 Å². The van der Waals surface area contributed by atoms with E-state index in [1.807, 2.05) is 24.3 Å². The van der Waals surface area contributed by atoms with Crippen molar-refractivity contribution in [3.8, 4) is 12.3 Å². The predicted octanol–water partition coefficient (Wildman–Crippen LogP) is 3.03. The van der Waals surface area contributed by atoms with Gasteiger partial charge in [-0.15, -0.1) is 12.3 Å². The number of halogens is 1. The predicted molar refractivity (Wildman–Crippen MR) is 74.8 cm³/mol. The van der Waals surface area contributed by atoms with Gasteiger partial charge in [-0.3, -0.25) is 0 Å². The zero-order chi connectivity index (χ0) is 11.1. The molecule has 1 N–H and O–H groups in total. The van der Waals surface area contributed by atoms with Gasteiger partial charge in [0, 0.05) is 9.99 Å². The van der Waals surface area contributed by atoms with E-state index in [0.29, 0.717) is 18.2 Å². The highest BCUT2D eigenvalue weighted by molar-refractivity contribution is 14.1. The smallest absolute Gasteiger partial charge is 0.261 e. The van der Waals surface area contributed by atoms with Crippen LogP contribution in [-0.2, 0) is 4.74 Å². The Morgan fingerprint density at radius 3 is 2.93 bits per heavy atom.